The van der Waals surface area contributed by atoms with E-state index in [-0.39, 0.29) is 23.9 Å². The van der Waals surface area contributed by atoms with E-state index in [9.17, 15) is 4.39 Å². The molecule has 0 aliphatic carbocycles. The topological polar surface area (TPSA) is 47.3 Å². The molecule has 0 radical (unpaired) electrons. The number of benzene rings is 1. The van der Waals surface area contributed by atoms with Crippen molar-refractivity contribution in [2.75, 3.05) is 6.61 Å². The molecule has 0 aliphatic heterocycles. The van der Waals surface area contributed by atoms with Gasteiger partial charge in [0.1, 0.15) is 5.82 Å². The maximum Gasteiger partial charge on any atom is 0.128 e. The largest absolute Gasteiger partial charge is 0.376 e. The highest BCUT2D eigenvalue weighted by molar-refractivity contribution is 5.27. The maximum atomic E-state index is 13.9. The smallest absolute Gasteiger partial charge is 0.128 e. The molecule has 1 aromatic rings. The van der Waals surface area contributed by atoms with E-state index in [1.165, 1.54) is 6.07 Å². The van der Waals surface area contributed by atoms with E-state index in [0.717, 1.165) is 5.56 Å². The molecule has 102 valence electrons. The molecule has 4 heteroatoms. The second-order valence-electron chi connectivity index (χ2n) is 4.83. The van der Waals surface area contributed by atoms with E-state index >= 15 is 0 Å². The maximum absolute atomic E-state index is 13.9. The minimum Gasteiger partial charge on any atom is -0.376 e. The van der Waals surface area contributed by atoms with Crippen molar-refractivity contribution in [3.8, 4) is 0 Å². The SMILES string of the molecule is CCOC(C(C)C)C(NN)c1cc(C)ccc1F. The second kappa shape index (κ2) is 6.83. The van der Waals surface area contributed by atoms with Gasteiger partial charge in [0.25, 0.3) is 0 Å². The molecule has 2 unspecified atom stereocenters. The Morgan fingerprint density at radius 1 is 1.39 bits per heavy atom. The number of aryl methyl sites for hydroxylation is 1. The Hall–Kier alpha value is -0.970. The number of rotatable bonds is 6. The fourth-order valence-electron chi connectivity index (χ4n) is 2.13. The molecule has 18 heavy (non-hydrogen) atoms. The van der Waals surface area contributed by atoms with Gasteiger partial charge >= 0.3 is 0 Å². The summed E-state index contributed by atoms with van der Waals surface area (Å²) in [6.45, 7) is 8.52. The summed E-state index contributed by atoms with van der Waals surface area (Å²) in [5, 5.41) is 0. The normalized spacial score (nSPS) is 14.8. The zero-order valence-corrected chi connectivity index (χ0v) is 11.5. The number of halogens is 1. The highest BCUT2D eigenvalue weighted by atomic mass is 19.1. The molecule has 0 heterocycles. The number of hydrazine groups is 1. The van der Waals surface area contributed by atoms with Crippen LogP contribution in [0.15, 0.2) is 18.2 Å². The Balaban J connectivity index is 3.10. The lowest BCUT2D eigenvalue weighted by Gasteiger charge is -2.30. The fourth-order valence-corrected chi connectivity index (χ4v) is 2.13. The Morgan fingerprint density at radius 3 is 2.56 bits per heavy atom. The van der Waals surface area contributed by atoms with Crippen LogP contribution in [0.1, 0.15) is 37.9 Å². The van der Waals surface area contributed by atoms with E-state index in [2.05, 4.69) is 5.43 Å². The van der Waals surface area contributed by atoms with Crippen LogP contribution in [-0.2, 0) is 4.74 Å². The minimum atomic E-state index is -0.343. The van der Waals surface area contributed by atoms with E-state index < -0.39 is 0 Å². The zero-order chi connectivity index (χ0) is 13.7. The van der Waals surface area contributed by atoms with Gasteiger partial charge in [-0.25, -0.2) is 4.39 Å². The average molecular weight is 254 g/mol. The molecular formula is C14H23FN2O. The summed E-state index contributed by atoms with van der Waals surface area (Å²) < 4.78 is 19.6. The van der Waals surface area contributed by atoms with Gasteiger partial charge in [-0.2, -0.15) is 0 Å². The van der Waals surface area contributed by atoms with Crippen molar-refractivity contribution in [3.63, 3.8) is 0 Å². The van der Waals surface area contributed by atoms with Crippen molar-refractivity contribution >= 4 is 0 Å². The summed E-state index contributed by atoms with van der Waals surface area (Å²) in [4.78, 5) is 0. The number of nitrogens with two attached hydrogens (primary N) is 1. The molecule has 0 saturated heterocycles. The zero-order valence-electron chi connectivity index (χ0n) is 11.5. The highest BCUT2D eigenvalue weighted by Gasteiger charge is 2.27. The Bertz CT molecular complexity index is 382. The molecular weight excluding hydrogens is 231 g/mol. The quantitative estimate of drug-likeness (QED) is 0.606. The Morgan fingerprint density at radius 2 is 2.06 bits per heavy atom. The van der Waals surface area contributed by atoms with Crippen LogP contribution in [0.4, 0.5) is 4.39 Å². The third-order valence-electron chi connectivity index (χ3n) is 3.01. The van der Waals surface area contributed by atoms with Crippen LogP contribution in [-0.4, -0.2) is 12.7 Å². The Labute approximate surface area is 108 Å². The van der Waals surface area contributed by atoms with Gasteiger partial charge in [-0.15, -0.1) is 0 Å². The lowest BCUT2D eigenvalue weighted by atomic mass is 9.92. The second-order valence-corrected chi connectivity index (χ2v) is 4.83. The van der Waals surface area contributed by atoms with E-state index in [0.29, 0.717) is 12.2 Å². The first kappa shape index (κ1) is 15.1. The Kier molecular flexibility index (Phi) is 5.72. The molecule has 1 rings (SSSR count). The summed E-state index contributed by atoms with van der Waals surface area (Å²) in [5.74, 6) is 5.58. The summed E-state index contributed by atoms with van der Waals surface area (Å²) in [6.07, 6.45) is -0.156. The molecule has 0 aliphatic rings. The number of hydrogen-bond acceptors (Lipinski definition) is 3. The molecule has 0 bridgehead atoms. The van der Waals surface area contributed by atoms with Crippen molar-refractivity contribution in [2.24, 2.45) is 11.8 Å². The van der Waals surface area contributed by atoms with Gasteiger partial charge in [0.15, 0.2) is 0 Å². The fraction of sp³-hybridized carbons (Fsp3) is 0.571. The van der Waals surface area contributed by atoms with Crippen LogP contribution in [0.2, 0.25) is 0 Å². The standard InChI is InChI=1S/C14H23FN2O/c1-5-18-14(9(2)3)13(17-16)11-8-10(4)6-7-12(11)15/h6-9,13-14,17H,5,16H2,1-4H3. The van der Waals surface area contributed by atoms with Crippen molar-refractivity contribution in [2.45, 2.75) is 39.8 Å². The number of nitrogens with one attached hydrogen (secondary N) is 1. The summed E-state index contributed by atoms with van der Waals surface area (Å²) >= 11 is 0. The van der Waals surface area contributed by atoms with Crippen molar-refractivity contribution in [1.29, 1.82) is 0 Å². The van der Waals surface area contributed by atoms with Gasteiger partial charge in [0.2, 0.25) is 0 Å². The molecule has 3 nitrogen and oxygen atoms in total. The van der Waals surface area contributed by atoms with E-state index in [1.807, 2.05) is 33.8 Å². The van der Waals surface area contributed by atoms with Gasteiger partial charge in [-0.05, 0) is 25.8 Å². The van der Waals surface area contributed by atoms with Gasteiger partial charge in [-0.3, -0.25) is 11.3 Å². The first-order valence-electron chi connectivity index (χ1n) is 6.35. The lowest BCUT2D eigenvalue weighted by Crippen LogP contribution is -2.41. The molecule has 0 aromatic heterocycles. The van der Waals surface area contributed by atoms with Crippen LogP contribution in [0.5, 0.6) is 0 Å². The number of hydrogen-bond donors (Lipinski definition) is 2. The molecule has 0 saturated carbocycles. The molecule has 1 aromatic carbocycles. The first-order chi connectivity index (χ1) is 8.51. The minimum absolute atomic E-state index is 0.156. The average Bonchev–Trinajstić information content (AvgIpc) is 2.33. The molecule has 0 amide bonds. The van der Waals surface area contributed by atoms with Crippen molar-refractivity contribution in [1.82, 2.24) is 5.43 Å². The molecule has 2 atom stereocenters. The first-order valence-corrected chi connectivity index (χ1v) is 6.35. The summed E-state index contributed by atoms with van der Waals surface area (Å²) in [5.41, 5.74) is 4.25. The van der Waals surface area contributed by atoms with Crippen LogP contribution in [0, 0.1) is 18.7 Å². The monoisotopic (exact) mass is 254 g/mol. The summed E-state index contributed by atoms with van der Waals surface area (Å²) in [6, 6.07) is 4.69. The predicted molar refractivity (Wildman–Crippen MR) is 71.5 cm³/mol. The van der Waals surface area contributed by atoms with E-state index in [4.69, 9.17) is 10.6 Å². The van der Waals surface area contributed by atoms with Gasteiger partial charge in [0, 0.05) is 12.2 Å². The number of ether oxygens (including phenoxy) is 1. The van der Waals surface area contributed by atoms with Gasteiger partial charge in [-0.1, -0.05) is 31.5 Å². The third-order valence-corrected chi connectivity index (χ3v) is 3.01. The van der Waals surface area contributed by atoms with Gasteiger partial charge < -0.3 is 4.74 Å². The summed E-state index contributed by atoms with van der Waals surface area (Å²) in [7, 11) is 0. The highest BCUT2D eigenvalue weighted by Crippen LogP contribution is 2.27. The van der Waals surface area contributed by atoms with Crippen molar-refractivity contribution < 1.29 is 9.13 Å². The van der Waals surface area contributed by atoms with Crippen LogP contribution >= 0.6 is 0 Å². The third kappa shape index (κ3) is 3.51. The van der Waals surface area contributed by atoms with Crippen LogP contribution in [0.25, 0.3) is 0 Å². The molecule has 0 spiro atoms. The van der Waals surface area contributed by atoms with Crippen LogP contribution in [0.3, 0.4) is 0 Å². The lowest BCUT2D eigenvalue weighted by molar-refractivity contribution is 0.00195. The predicted octanol–water partition coefficient (Wildman–Crippen LogP) is 2.70. The van der Waals surface area contributed by atoms with Gasteiger partial charge in [0.05, 0.1) is 12.1 Å². The van der Waals surface area contributed by atoms with E-state index in [1.54, 1.807) is 6.07 Å². The van der Waals surface area contributed by atoms with Crippen molar-refractivity contribution in [3.05, 3.63) is 35.1 Å². The molecule has 0 fully saturated rings. The van der Waals surface area contributed by atoms with Crippen LogP contribution < -0.4 is 11.3 Å². The molecule has 3 N–H and O–H groups in total.